The molecule has 0 radical (unpaired) electrons. The van der Waals surface area contributed by atoms with Crippen LogP contribution in [0.2, 0.25) is 0 Å². The number of hydrogen-bond donors (Lipinski definition) is 2. The van der Waals surface area contributed by atoms with Crippen LogP contribution in [0.4, 0.5) is 5.13 Å². The van der Waals surface area contributed by atoms with Crippen LogP contribution in [0.1, 0.15) is 5.56 Å². The van der Waals surface area contributed by atoms with E-state index in [1.165, 1.54) is 7.11 Å². The summed E-state index contributed by atoms with van der Waals surface area (Å²) in [6.45, 7) is 2.02. The van der Waals surface area contributed by atoms with E-state index >= 15 is 0 Å². The number of hydrogen-bond acceptors (Lipinski definition) is 7. The van der Waals surface area contributed by atoms with Gasteiger partial charge >= 0.3 is 0 Å². The first kappa shape index (κ1) is 19.1. The fourth-order valence-electron chi connectivity index (χ4n) is 3.37. The summed E-state index contributed by atoms with van der Waals surface area (Å²) >= 11 is 1.55. The van der Waals surface area contributed by atoms with E-state index in [1.807, 2.05) is 55.5 Å². The van der Waals surface area contributed by atoms with Crippen LogP contribution in [0.15, 0.2) is 76.2 Å². The van der Waals surface area contributed by atoms with Crippen molar-refractivity contribution in [3.63, 3.8) is 0 Å². The zero-order valence-electron chi connectivity index (χ0n) is 16.9. The number of fused-ring (bicyclic) bond motifs is 2. The van der Waals surface area contributed by atoms with Gasteiger partial charge in [0.25, 0.3) is 0 Å². The summed E-state index contributed by atoms with van der Waals surface area (Å²) in [6, 6.07) is 20.9. The number of anilines is 1. The molecule has 0 spiro atoms. The number of nitrogens with one attached hydrogen (secondary N) is 1. The highest BCUT2D eigenvalue weighted by Crippen LogP contribution is 2.32. The second-order valence-corrected chi connectivity index (χ2v) is 8.12. The minimum absolute atomic E-state index is 0.0743. The number of aromatic hydroxyl groups is 1. The van der Waals surface area contributed by atoms with Gasteiger partial charge in [-0.3, -0.25) is 5.43 Å². The molecule has 0 amide bonds. The molecule has 6 nitrogen and oxygen atoms in total. The maximum Gasteiger partial charge on any atom is 0.204 e. The van der Waals surface area contributed by atoms with Crippen molar-refractivity contribution in [2.45, 2.75) is 6.92 Å². The van der Waals surface area contributed by atoms with E-state index in [-0.39, 0.29) is 5.75 Å². The number of rotatable bonds is 4. The number of para-hydroxylation sites is 1. The number of phenolic OH excluding ortho intramolecular Hbond substituents is 1. The minimum atomic E-state index is 0.0743. The van der Waals surface area contributed by atoms with Gasteiger partial charge in [0, 0.05) is 17.0 Å². The Balaban J connectivity index is 1.64. The number of ether oxygens (including phenoxy) is 1. The first-order chi connectivity index (χ1) is 15.1. The van der Waals surface area contributed by atoms with Crippen LogP contribution in [0, 0.1) is 6.92 Å². The molecule has 3 aromatic carbocycles. The number of aromatic nitrogens is 1. The number of thiazole rings is 1. The second kappa shape index (κ2) is 7.77. The summed E-state index contributed by atoms with van der Waals surface area (Å²) in [4.78, 5) is 4.58. The average molecular weight is 430 g/mol. The minimum Gasteiger partial charge on any atom is -0.504 e. The van der Waals surface area contributed by atoms with Crippen molar-refractivity contribution in [2.24, 2.45) is 5.10 Å². The van der Waals surface area contributed by atoms with E-state index in [0.29, 0.717) is 11.5 Å². The summed E-state index contributed by atoms with van der Waals surface area (Å²) in [5.74, 6) is 1.06. The van der Waals surface area contributed by atoms with Gasteiger partial charge in [-0.25, -0.2) is 4.98 Å². The predicted octanol–water partition coefficient (Wildman–Crippen LogP) is 5.66. The van der Waals surface area contributed by atoms with Crippen molar-refractivity contribution in [3.8, 4) is 22.8 Å². The Morgan fingerprint density at radius 3 is 2.77 bits per heavy atom. The smallest absolute Gasteiger partial charge is 0.204 e. The molecule has 0 saturated heterocycles. The van der Waals surface area contributed by atoms with Crippen LogP contribution in [0.3, 0.4) is 0 Å². The van der Waals surface area contributed by atoms with Gasteiger partial charge in [0.15, 0.2) is 11.5 Å². The van der Waals surface area contributed by atoms with Gasteiger partial charge in [-0.15, -0.1) is 0 Å². The fraction of sp³-hybridized carbons (Fsp3) is 0.0833. The lowest BCUT2D eigenvalue weighted by molar-refractivity contribution is 0.373. The molecule has 0 aliphatic rings. The summed E-state index contributed by atoms with van der Waals surface area (Å²) in [5.41, 5.74) is 6.60. The van der Waals surface area contributed by atoms with E-state index in [2.05, 4.69) is 15.5 Å². The third-order valence-electron chi connectivity index (χ3n) is 4.93. The van der Waals surface area contributed by atoms with E-state index < -0.39 is 0 Å². The van der Waals surface area contributed by atoms with E-state index in [4.69, 9.17) is 9.15 Å². The molecule has 154 valence electrons. The predicted molar refractivity (Wildman–Crippen MR) is 123 cm³/mol. The third kappa shape index (κ3) is 3.71. The van der Waals surface area contributed by atoms with E-state index in [9.17, 15) is 5.11 Å². The van der Waals surface area contributed by atoms with E-state index in [0.717, 1.165) is 42.8 Å². The van der Waals surface area contributed by atoms with Gasteiger partial charge in [-0.2, -0.15) is 5.10 Å². The lowest BCUT2D eigenvalue weighted by Gasteiger charge is -2.08. The molecule has 7 heteroatoms. The Labute approximate surface area is 182 Å². The fourth-order valence-corrected chi connectivity index (χ4v) is 4.18. The number of aryl methyl sites for hydroxylation is 1. The van der Waals surface area contributed by atoms with Gasteiger partial charge in [0.05, 0.1) is 22.7 Å². The topological polar surface area (TPSA) is 79.9 Å². The summed E-state index contributed by atoms with van der Waals surface area (Å²) in [6.07, 6.45) is 0. The van der Waals surface area contributed by atoms with Crippen LogP contribution < -0.4 is 15.5 Å². The Morgan fingerprint density at radius 2 is 1.94 bits per heavy atom. The Morgan fingerprint density at radius 1 is 1.06 bits per heavy atom. The van der Waals surface area contributed by atoms with Crippen molar-refractivity contribution in [2.75, 3.05) is 12.5 Å². The van der Waals surface area contributed by atoms with Gasteiger partial charge in [-0.05, 0) is 55.0 Å². The highest BCUT2D eigenvalue weighted by Gasteiger charge is 2.10. The van der Waals surface area contributed by atoms with Gasteiger partial charge in [-0.1, -0.05) is 29.5 Å². The number of nitrogens with zero attached hydrogens (tertiary/aromatic N) is 2. The van der Waals surface area contributed by atoms with Crippen molar-refractivity contribution >= 4 is 37.7 Å². The normalized spacial score (nSPS) is 11.9. The molecule has 2 aromatic heterocycles. The molecule has 2 heterocycles. The maximum absolute atomic E-state index is 9.92. The summed E-state index contributed by atoms with van der Waals surface area (Å²) < 4.78 is 12.5. The van der Waals surface area contributed by atoms with Crippen molar-refractivity contribution in [3.05, 3.63) is 77.7 Å². The molecule has 0 unspecified atom stereocenters. The molecule has 0 bridgehead atoms. The second-order valence-electron chi connectivity index (χ2n) is 7.09. The quantitative estimate of drug-likeness (QED) is 0.360. The first-order valence-corrected chi connectivity index (χ1v) is 10.5. The maximum atomic E-state index is 9.92. The molecule has 0 fully saturated rings. The van der Waals surface area contributed by atoms with Crippen LogP contribution in [0.25, 0.3) is 32.5 Å². The van der Waals surface area contributed by atoms with E-state index in [1.54, 1.807) is 29.5 Å². The van der Waals surface area contributed by atoms with Gasteiger partial charge in [0.2, 0.25) is 5.13 Å². The standard InChI is InChI=1S/C24H19N3O3S/c1-14-7-9-16-18(26-27-24-25-17-5-3-4-6-23(17)31-24)13-20(30-21(16)11-14)15-8-10-19(28)22(12-15)29-2/h3-13,28H,1-2H3,(H,25,27). The Hall–Kier alpha value is -3.84. The third-order valence-corrected chi connectivity index (χ3v) is 5.87. The molecule has 0 saturated carbocycles. The molecule has 2 N–H and O–H groups in total. The van der Waals surface area contributed by atoms with Crippen LogP contribution in [0.5, 0.6) is 11.5 Å². The zero-order valence-corrected chi connectivity index (χ0v) is 17.7. The lowest BCUT2D eigenvalue weighted by Crippen LogP contribution is -2.07. The van der Waals surface area contributed by atoms with Crippen LogP contribution >= 0.6 is 11.3 Å². The van der Waals surface area contributed by atoms with Gasteiger partial charge < -0.3 is 14.3 Å². The molecule has 0 aliphatic carbocycles. The van der Waals surface area contributed by atoms with Crippen molar-refractivity contribution in [1.82, 2.24) is 4.98 Å². The number of benzene rings is 3. The molecule has 31 heavy (non-hydrogen) atoms. The molecule has 0 aliphatic heterocycles. The van der Waals surface area contributed by atoms with Crippen molar-refractivity contribution < 1.29 is 14.3 Å². The molecule has 5 rings (SSSR count). The van der Waals surface area contributed by atoms with Crippen LogP contribution in [-0.2, 0) is 0 Å². The number of methoxy groups -OCH3 is 1. The Bertz CT molecular complexity index is 1450. The first-order valence-electron chi connectivity index (χ1n) is 9.68. The molecular weight excluding hydrogens is 410 g/mol. The average Bonchev–Trinajstić information content (AvgIpc) is 3.20. The Kier molecular flexibility index (Phi) is 4.80. The van der Waals surface area contributed by atoms with Crippen LogP contribution in [-0.4, -0.2) is 17.2 Å². The number of phenols is 1. The van der Waals surface area contributed by atoms with Crippen molar-refractivity contribution in [1.29, 1.82) is 0 Å². The molecule has 5 aromatic rings. The lowest BCUT2D eigenvalue weighted by atomic mass is 10.1. The monoisotopic (exact) mass is 429 g/mol. The summed E-state index contributed by atoms with van der Waals surface area (Å²) in [7, 11) is 1.52. The molecule has 0 atom stereocenters. The highest BCUT2D eigenvalue weighted by atomic mass is 32.1. The zero-order chi connectivity index (χ0) is 21.4. The highest BCUT2D eigenvalue weighted by molar-refractivity contribution is 7.22. The summed E-state index contributed by atoms with van der Waals surface area (Å²) in [5, 5.41) is 16.9. The molecular formula is C24H19N3O3S. The largest absolute Gasteiger partial charge is 0.504 e. The van der Waals surface area contributed by atoms with Gasteiger partial charge in [0.1, 0.15) is 11.3 Å². The SMILES string of the molecule is COc1cc(-c2cc(=NNc3nc4ccccc4s3)c3ccc(C)cc3o2)ccc1O.